The van der Waals surface area contributed by atoms with Crippen LogP contribution in [0.15, 0.2) is 5.38 Å². The highest BCUT2D eigenvalue weighted by Crippen LogP contribution is 2.16. The van der Waals surface area contributed by atoms with Gasteiger partial charge < -0.3 is 9.64 Å². The van der Waals surface area contributed by atoms with Gasteiger partial charge in [0, 0.05) is 24.2 Å². The molecule has 1 saturated heterocycles. The number of alkyl halides is 1. The van der Waals surface area contributed by atoms with Gasteiger partial charge in [0.15, 0.2) is 0 Å². The number of aromatic nitrogens is 1. The van der Waals surface area contributed by atoms with E-state index in [1.54, 1.807) is 16.2 Å². The molecule has 1 aromatic heterocycles. The van der Waals surface area contributed by atoms with Crippen molar-refractivity contribution in [3.05, 3.63) is 16.1 Å². The summed E-state index contributed by atoms with van der Waals surface area (Å²) in [5, 5.41) is 3.00. The van der Waals surface area contributed by atoms with Crippen LogP contribution in [0.3, 0.4) is 0 Å². The molecular formula is C11H15ClN2O2S. The number of hydrogen-bond acceptors (Lipinski definition) is 4. The lowest BCUT2D eigenvalue weighted by atomic mass is 10.3. The van der Waals surface area contributed by atoms with Crippen molar-refractivity contribution in [2.24, 2.45) is 0 Å². The third-order valence-electron chi connectivity index (χ3n) is 2.72. The van der Waals surface area contributed by atoms with E-state index in [2.05, 4.69) is 4.98 Å². The Balaban J connectivity index is 1.76. The van der Waals surface area contributed by atoms with Gasteiger partial charge in [-0.3, -0.25) is 4.79 Å². The van der Waals surface area contributed by atoms with Crippen LogP contribution in [-0.2, 0) is 16.1 Å². The first-order valence-corrected chi connectivity index (χ1v) is 6.97. The Kier molecular flexibility index (Phi) is 4.36. The Hall–Kier alpha value is -0.650. The molecule has 0 saturated carbocycles. The number of hydrogen-bond donors (Lipinski definition) is 0. The highest BCUT2D eigenvalue weighted by atomic mass is 35.5. The highest BCUT2D eigenvalue weighted by molar-refractivity contribution is 7.09. The molecule has 1 fully saturated rings. The van der Waals surface area contributed by atoms with Gasteiger partial charge in [0.2, 0.25) is 5.91 Å². The summed E-state index contributed by atoms with van der Waals surface area (Å²) in [7, 11) is 0. The molecule has 2 heterocycles. The number of nitrogens with zero attached hydrogens (tertiary/aromatic N) is 2. The highest BCUT2D eigenvalue weighted by Gasteiger charge is 2.26. The molecule has 1 atom stereocenters. The lowest BCUT2D eigenvalue weighted by Gasteiger charge is -2.14. The van der Waals surface area contributed by atoms with Crippen LogP contribution >= 0.6 is 22.9 Å². The van der Waals surface area contributed by atoms with Gasteiger partial charge in [-0.1, -0.05) is 0 Å². The second kappa shape index (κ2) is 5.80. The van der Waals surface area contributed by atoms with Crippen LogP contribution in [0, 0.1) is 6.92 Å². The number of ether oxygens (including phenoxy) is 1. The van der Waals surface area contributed by atoms with Crippen LogP contribution < -0.4 is 0 Å². The van der Waals surface area contributed by atoms with Crippen LogP contribution in [0.1, 0.15) is 17.1 Å². The molecule has 1 aliphatic heterocycles. The van der Waals surface area contributed by atoms with Crippen LogP contribution in [0.4, 0.5) is 0 Å². The van der Waals surface area contributed by atoms with E-state index in [0.717, 1.165) is 23.7 Å². The maximum atomic E-state index is 11.4. The van der Waals surface area contributed by atoms with Crippen molar-refractivity contribution >= 4 is 28.8 Å². The molecule has 1 aromatic rings. The Morgan fingerprint density at radius 3 is 3.24 bits per heavy atom. The van der Waals surface area contributed by atoms with Crippen molar-refractivity contribution in [3.63, 3.8) is 0 Å². The lowest BCUT2D eigenvalue weighted by Crippen LogP contribution is -2.30. The Bertz CT molecular complexity index is 397. The first-order valence-electron chi connectivity index (χ1n) is 5.55. The molecule has 94 valence electrons. The summed E-state index contributed by atoms with van der Waals surface area (Å²) in [6.45, 7) is 3.89. The lowest BCUT2D eigenvalue weighted by molar-refractivity contribution is -0.128. The van der Waals surface area contributed by atoms with Crippen LogP contribution in [0.25, 0.3) is 0 Å². The second-order valence-electron chi connectivity index (χ2n) is 4.08. The monoisotopic (exact) mass is 274 g/mol. The maximum Gasteiger partial charge on any atom is 0.237 e. The minimum absolute atomic E-state index is 0.0112. The Labute approximate surface area is 110 Å². The molecule has 1 aliphatic rings. The summed E-state index contributed by atoms with van der Waals surface area (Å²) in [4.78, 5) is 17.5. The number of rotatable bonds is 4. The van der Waals surface area contributed by atoms with E-state index in [4.69, 9.17) is 16.3 Å². The molecule has 2 rings (SSSR count). The quantitative estimate of drug-likeness (QED) is 0.787. The summed E-state index contributed by atoms with van der Waals surface area (Å²) in [5.74, 6) is 0.0427. The van der Waals surface area contributed by atoms with Gasteiger partial charge in [-0.25, -0.2) is 4.98 Å². The molecule has 17 heavy (non-hydrogen) atoms. The first-order chi connectivity index (χ1) is 8.19. The third-order valence-corrected chi connectivity index (χ3v) is 3.89. The zero-order valence-electron chi connectivity index (χ0n) is 9.69. The molecule has 0 radical (unpaired) electrons. The first kappa shape index (κ1) is 12.8. The summed E-state index contributed by atoms with van der Waals surface area (Å²) >= 11 is 7.12. The molecule has 4 nitrogen and oxygen atoms in total. The number of likely N-dealkylation sites (tertiary alicyclic amines) is 1. The number of aryl methyl sites for hydroxylation is 1. The van der Waals surface area contributed by atoms with Crippen LogP contribution in [0.2, 0.25) is 0 Å². The largest absolute Gasteiger partial charge is 0.369 e. The van der Waals surface area contributed by atoms with E-state index in [1.165, 1.54) is 0 Å². The van der Waals surface area contributed by atoms with Crippen molar-refractivity contribution in [1.29, 1.82) is 0 Å². The van der Waals surface area contributed by atoms with Gasteiger partial charge in [0.1, 0.15) is 10.9 Å². The number of halogens is 1. The number of carbonyl (C=O) groups excluding carboxylic acids is 1. The van der Waals surface area contributed by atoms with Crippen molar-refractivity contribution in [2.45, 2.75) is 26.1 Å². The van der Waals surface area contributed by atoms with Gasteiger partial charge in [0.05, 0.1) is 12.7 Å². The molecule has 0 spiro atoms. The topological polar surface area (TPSA) is 42.4 Å². The smallest absolute Gasteiger partial charge is 0.237 e. The zero-order valence-corrected chi connectivity index (χ0v) is 11.3. The summed E-state index contributed by atoms with van der Waals surface area (Å²) in [6.07, 6.45) is 0.999. The predicted molar refractivity (Wildman–Crippen MR) is 67.3 cm³/mol. The van der Waals surface area contributed by atoms with Crippen LogP contribution in [-0.4, -0.2) is 40.9 Å². The fourth-order valence-corrected chi connectivity index (χ4v) is 2.69. The van der Waals surface area contributed by atoms with Crippen molar-refractivity contribution in [1.82, 2.24) is 9.88 Å². The minimum Gasteiger partial charge on any atom is -0.369 e. The summed E-state index contributed by atoms with van der Waals surface area (Å²) in [5.41, 5.74) is 1.03. The van der Waals surface area contributed by atoms with Gasteiger partial charge >= 0.3 is 0 Å². The fourth-order valence-electron chi connectivity index (χ4n) is 1.83. The molecule has 1 unspecified atom stereocenters. The number of amides is 1. The second-order valence-corrected chi connectivity index (χ2v) is 5.29. The van der Waals surface area contributed by atoms with E-state index in [1.807, 2.05) is 12.3 Å². The van der Waals surface area contributed by atoms with Crippen LogP contribution in [0.5, 0.6) is 0 Å². The minimum atomic E-state index is -0.0112. The Morgan fingerprint density at radius 1 is 1.76 bits per heavy atom. The summed E-state index contributed by atoms with van der Waals surface area (Å²) < 4.78 is 5.74. The fraction of sp³-hybridized carbons (Fsp3) is 0.636. The van der Waals surface area contributed by atoms with Crippen molar-refractivity contribution in [3.8, 4) is 0 Å². The molecular weight excluding hydrogens is 260 g/mol. The predicted octanol–water partition coefficient (Wildman–Crippen LogP) is 1.81. The number of thiazole rings is 1. The van der Waals surface area contributed by atoms with E-state index in [0.29, 0.717) is 13.2 Å². The molecule has 1 amide bonds. The van der Waals surface area contributed by atoms with E-state index in [-0.39, 0.29) is 17.9 Å². The molecule has 0 N–H and O–H groups in total. The average molecular weight is 275 g/mol. The zero-order chi connectivity index (χ0) is 12.3. The van der Waals surface area contributed by atoms with Gasteiger partial charge in [-0.05, 0) is 13.3 Å². The van der Waals surface area contributed by atoms with Gasteiger partial charge in [-0.15, -0.1) is 22.9 Å². The standard InChI is InChI=1S/C11H15ClN2O2S/c1-8-7-17-10(13-8)6-16-9-2-3-14(5-9)11(15)4-12/h7,9H,2-6H2,1H3. The molecule has 0 aliphatic carbocycles. The van der Waals surface area contributed by atoms with E-state index in [9.17, 15) is 4.79 Å². The van der Waals surface area contributed by atoms with Gasteiger partial charge in [0.25, 0.3) is 0 Å². The molecule has 6 heteroatoms. The van der Waals surface area contributed by atoms with E-state index >= 15 is 0 Å². The molecule has 0 aromatic carbocycles. The third kappa shape index (κ3) is 3.40. The van der Waals surface area contributed by atoms with Gasteiger partial charge in [-0.2, -0.15) is 0 Å². The SMILES string of the molecule is Cc1csc(COC2CCN(C(=O)CCl)C2)n1. The maximum absolute atomic E-state index is 11.4. The molecule has 0 bridgehead atoms. The normalized spacial score (nSPS) is 19.9. The van der Waals surface area contributed by atoms with Crippen molar-refractivity contribution in [2.75, 3.05) is 19.0 Å². The summed E-state index contributed by atoms with van der Waals surface area (Å²) in [6, 6.07) is 0. The average Bonchev–Trinajstić information content (AvgIpc) is 2.94. The number of carbonyl (C=O) groups is 1. The Morgan fingerprint density at radius 2 is 2.59 bits per heavy atom. The van der Waals surface area contributed by atoms with E-state index < -0.39 is 0 Å². The van der Waals surface area contributed by atoms with Crippen molar-refractivity contribution < 1.29 is 9.53 Å².